The maximum Gasteiger partial charge on any atom is 0.422 e. The van der Waals surface area contributed by atoms with Crippen LogP contribution < -0.4 is 15.2 Å². The van der Waals surface area contributed by atoms with Crippen LogP contribution in [0.2, 0.25) is 5.02 Å². The standard InChI is InChI=1S/C10H14ClN3O4S/c1-6(2)18-10(15)14-19(16,17)13-9-7(11)4-3-5-8(9)12/h3-6,13H,12H2,1-2H3,(H,14,15). The number of rotatable bonds is 4. The number of ether oxygens (including phenoxy) is 1. The first-order chi connectivity index (χ1) is 8.71. The molecule has 0 atom stereocenters. The summed E-state index contributed by atoms with van der Waals surface area (Å²) in [6.07, 6.45) is -1.53. The van der Waals surface area contributed by atoms with E-state index in [9.17, 15) is 13.2 Å². The summed E-state index contributed by atoms with van der Waals surface area (Å²) < 4.78 is 31.7. The van der Waals surface area contributed by atoms with E-state index in [4.69, 9.17) is 17.3 Å². The molecule has 0 unspecified atom stereocenters. The average Bonchev–Trinajstić information content (AvgIpc) is 2.21. The summed E-state index contributed by atoms with van der Waals surface area (Å²) in [5.41, 5.74) is 5.71. The number of para-hydroxylation sites is 1. The van der Waals surface area contributed by atoms with Gasteiger partial charge in [0.15, 0.2) is 0 Å². The molecule has 0 saturated carbocycles. The molecule has 1 aromatic carbocycles. The summed E-state index contributed by atoms with van der Waals surface area (Å²) in [4.78, 5) is 11.2. The van der Waals surface area contributed by atoms with Crippen LogP contribution in [-0.2, 0) is 14.9 Å². The van der Waals surface area contributed by atoms with Crippen molar-refractivity contribution in [3.05, 3.63) is 23.2 Å². The van der Waals surface area contributed by atoms with E-state index in [0.29, 0.717) is 0 Å². The second kappa shape index (κ2) is 5.98. The minimum absolute atomic E-state index is 0.00554. The van der Waals surface area contributed by atoms with Crippen LogP contribution in [0.15, 0.2) is 18.2 Å². The number of carbonyl (C=O) groups excluding carboxylic acids is 1. The predicted octanol–water partition coefficient (Wildman–Crippen LogP) is 1.71. The number of hydrogen-bond donors (Lipinski definition) is 3. The van der Waals surface area contributed by atoms with Crippen LogP contribution in [0.25, 0.3) is 0 Å². The Morgan fingerprint density at radius 2 is 2.05 bits per heavy atom. The van der Waals surface area contributed by atoms with Gasteiger partial charge in [0, 0.05) is 0 Å². The number of benzene rings is 1. The summed E-state index contributed by atoms with van der Waals surface area (Å²) in [6, 6.07) is 4.49. The number of amides is 1. The van der Waals surface area contributed by atoms with Crippen LogP contribution in [0.3, 0.4) is 0 Å². The number of halogens is 1. The third-order valence-electron chi connectivity index (χ3n) is 1.84. The second-order valence-corrected chi connectivity index (χ2v) is 5.69. The van der Waals surface area contributed by atoms with E-state index < -0.39 is 22.4 Å². The molecule has 1 aromatic rings. The summed E-state index contributed by atoms with van der Waals surface area (Å²) in [5.74, 6) is 0. The molecule has 0 aliphatic heterocycles. The fourth-order valence-corrected chi connectivity index (χ4v) is 2.26. The first kappa shape index (κ1) is 15.4. The van der Waals surface area contributed by atoms with Crippen molar-refractivity contribution in [2.45, 2.75) is 20.0 Å². The summed E-state index contributed by atoms with van der Waals surface area (Å²) in [7, 11) is -4.16. The number of hydrogen-bond acceptors (Lipinski definition) is 5. The van der Waals surface area contributed by atoms with E-state index in [1.54, 1.807) is 24.6 Å². The Bertz CT molecular complexity index is 554. The molecule has 0 fully saturated rings. The molecule has 106 valence electrons. The van der Waals surface area contributed by atoms with Gasteiger partial charge in [-0.15, -0.1) is 0 Å². The molecule has 9 heteroatoms. The highest BCUT2D eigenvalue weighted by atomic mass is 35.5. The molecule has 4 N–H and O–H groups in total. The molecule has 0 spiro atoms. The Morgan fingerprint density at radius 1 is 1.42 bits per heavy atom. The van der Waals surface area contributed by atoms with E-state index in [-0.39, 0.29) is 16.4 Å². The van der Waals surface area contributed by atoms with Crippen LogP contribution in [0.1, 0.15) is 13.8 Å². The maximum absolute atomic E-state index is 11.7. The molecule has 0 bridgehead atoms. The summed E-state index contributed by atoms with van der Waals surface area (Å²) in [6.45, 7) is 3.18. The minimum atomic E-state index is -4.16. The smallest absolute Gasteiger partial charge is 0.422 e. The Hall–Kier alpha value is -1.67. The van der Waals surface area contributed by atoms with E-state index in [2.05, 4.69) is 9.46 Å². The molecule has 0 saturated heterocycles. The zero-order valence-electron chi connectivity index (χ0n) is 10.3. The Labute approximate surface area is 116 Å². The third-order valence-corrected chi connectivity index (χ3v) is 3.07. The van der Waals surface area contributed by atoms with Gasteiger partial charge >= 0.3 is 16.3 Å². The molecule has 0 heterocycles. The molecule has 0 aliphatic carbocycles. The van der Waals surface area contributed by atoms with Gasteiger partial charge in [0.2, 0.25) is 0 Å². The van der Waals surface area contributed by atoms with Crippen LogP contribution in [0.5, 0.6) is 0 Å². The molecule has 7 nitrogen and oxygen atoms in total. The number of carbonyl (C=O) groups is 1. The lowest BCUT2D eigenvalue weighted by Crippen LogP contribution is -2.37. The molecular formula is C10H14ClN3O4S. The number of nitrogens with two attached hydrogens (primary N) is 1. The van der Waals surface area contributed by atoms with Gasteiger partial charge in [-0.1, -0.05) is 17.7 Å². The number of nitrogens with one attached hydrogen (secondary N) is 2. The van der Waals surface area contributed by atoms with Crippen molar-refractivity contribution in [2.24, 2.45) is 0 Å². The maximum atomic E-state index is 11.7. The molecule has 0 aliphatic rings. The van der Waals surface area contributed by atoms with Gasteiger partial charge in [-0.05, 0) is 26.0 Å². The van der Waals surface area contributed by atoms with Crippen molar-refractivity contribution >= 4 is 39.3 Å². The second-order valence-electron chi connectivity index (χ2n) is 3.87. The zero-order chi connectivity index (χ0) is 14.6. The van der Waals surface area contributed by atoms with Crippen LogP contribution in [-0.4, -0.2) is 20.6 Å². The van der Waals surface area contributed by atoms with Crippen molar-refractivity contribution in [3.8, 4) is 0 Å². The van der Waals surface area contributed by atoms with Gasteiger partial charge in [0.25, 0.3) is 0 Å². The van der Waals surface area contributed by atoms with E-state index >= 15 is 0 Å². The minimum Gasteiger partial charge on any atom is -0.446 e. The fourth-order valence-electron chi connectivity index (χ4n) is 1.16. The molecule has 1 amide bonds. The molecule has 1 rings (SSSR count). The van der Waals surface area contributed by atoms with Crippen LogP contribution in [0, 0.1) is 0 Å². The quantitative estimate of drug-likeness (QED) is 0.733. The van der Waals surface area contributed by atoms with Crippen molar-refractivity contribution < 1.29 is 17.9 Å². The molecule has 0 radical (unpaired) electrons. The van der Waals surface area contributed by atoms with E-state index in [1.165, 1.54) is 12.1 Å². The van der Waals surface area contributed by atoms with Gasteiger partial charge in [0.05, 0.1) is 22.5 Å². The van der Waals surface area contributed by atoms with Gasteiger partial charge in [-0.25, -0.2) is 9.52 Å². The topological polar surface area (TPSA) is 111 Å². The van der Waals surface area contributed by atoms with Crippen molar-refractivity contribution in [3.63, 3.8) is 0 Å². The average molecular weight is 308 g/mol. The first-order valence-corrected chi connectivity index (χ1v) is 7.12. The normalized spacial score (nSPS) is 11.2. The van der Waals surface area contributed by atoms with Gasteiger partial charge in [-0.2, -0.15) is 8.42 Å². The Morgan fingerprint density at radius 3 is 2.58 bits per heavy atom. The SMILES string of the molecule is CC(C)OC(=O)NS(=O)(=O)Nc1c(N)cccc1Cl. The lowest BCUT2D eigenvalue weighted by Gasteiger charge is -2.13. The lowest BCUT2D eigenvalue weighted by atomic mass is 10.3. The first-order valence-electron chi connectivity index (χ1n) is 5.26. The Balaban J connectivity index is 2.83. The van der Waals surface area contributed by atoms with Gasteiger partial charge in [-0.3, -0.25) is 4.72 Å². The Kier molecular flexibility index (Phi) is 4.84. The van der Waals surface area contributed by atoms with Crippen LogP contribution in [0.4, 0.5) is 16.2 Å². The molecule has 19 heavy (non-hydrogen) atoms. The third kappa shape index (κ3) is 4.84. The van der Waals surface area contributed by atoms with Crippen molar-refractivity contribution in [2.75, 3.05) is 10.5 Å². The molecular weight excluding hydrogens is 294 g/mol. The zero-order valence-corrected chi connectivity index (χ0v) is 11.9. The highest BCUT2D eigenvalue weighted by Gasteiger charge is 2.18. The van der Waals surface area contributed by atoms with E-state index in [1.807, 2.05) is 0 Å². The highest BCUT2D eigenvalue weighted by molar-refractivity contribution is 7.91. The predicted molar refractivity (Wildman–Crippen MR) is 73.2 cm³/mol. The summed E-state index contributed by atoms with van der Waals surface area (Å²) >= 11 is 5.81. The fraction of sp³-hybridized carbons (Fsp3) is 0.300. The summed E-state index contributed by atoms with van der Waals surface area (Å²) in [5, 5.41) is 0.114. The van der Waals surface area contributed by atoms with Crippen LogP contribution >= 0.6 is 11.6 Å². The van der Waals surface area contributed by atoms with Crippen molar-refractivity contribution in [1.29, 1.82) is 0 Å². The van der Waals surface area contributed by atoms with Crippen molar-refractivity contribution in [1.82, 2.24) is 4.72 Å². The highest BCUT2D eigenvalue weighted by Crippen LogP contribution is 2.28. The number of anilines is 2. The molecule has 0 aromatic heterocycles. The van der Waals surface area contributed by atoms with Gasteiger partial charge < -0.3 is 10.5 Å². The largest absolute Gasteiger partial charge is 0.446 e. The monoisotopic (exact) mass is 307 g/mol. The van der Waals surface area contributed by atoms with Gasteiger partial charge in [0.1, 0.15) is 0 Å². The van der Waals surface area contributed by atoms with E-state index in [0.717, 1.165) is 0 Å². The number of nitrogen functional groups attached to an aromatic ring is 1. The lowest BCUT2D eigenvalue weighted by molar-refractivity contribution is 0.121.